The van der Waals surface area contributed by atoms with Crippen molar-refractivity contribution in [3.8, 4) is 17.2 Å². The lowest BCUT2D eigenvalue weighted by Gasteiger charge is -2.39. The molecule has 1 saturated heterocycles. The van der Waals surface area contributed by atoms with E-state index in [-0.39, 0.29) is 16.5 Å². The molecule has 0 saturated carbocycles. The van der Waals surface area contributed by atoms with Gasteiger partial charge in [-0.1, -0.05) is 34.8 Å². The molecule has 0 amide bonds. The Bertz CT molecular complexity index is 833. The number of hydrogen-bond acceptors (Lipinski definition) is 7. The Balaban J connectivity index is 1.86. The standard InChI is InChI=1S/C18H17Cl3O7/c19-8-1-3-11(10(21)5-8)26-12-4-2-9(20)6-13(12)27-18-17(25)16(24)15(23)14(7-22)28-18/h1-6,14-18,22-25H,7H2/t14-,15-,16+,17-,18+/m1/s1. The second-order valence-corrected chi connectivity index (χ2v) is 7.36. The van der Waals surface area contributed by atoms with Crippen LogP contribution in [0.25, 0.3) is 0 Å². The fourth-order valence-corrected chi connectivity index (χ4v) is 3.23. The Labute approximate surface area is 175 Å². The van der Waals surface area contributed by atoms with Crippen molar-refractivity contribution in [2.45, 2.75) is 30.7 Å². The first kappa shape index (κ1) is 21.4. The Hall–Kier alpha value is -1.29. The van der Waals surface area contributed by atoms with Crippen LogP contribution in [0, 0.1) is 0 Å². The van der Waals surface area contributed by atoms with Crippen LogP contribution >= 0.6 is 34.8 Å². The zero-order valence-corrected chi connectivity index (χ0v) is 16.5. The van der Waals surface area contributed by atoms with E-state index in [0.29, 0.717) is 15.8 Å². The number of aliphatic hydroxyl groups excluding tert-OH is 4. The van der Waals surface area contributed by atoms with Crippen LogP contribution in [-0.4, -0.2) is 57.7 Å². The van der Waals surface area contributed by atoms with E-state index in [2.05, 4.69) is 0 Å². The molecule has 1 aliphatic rings. The fraction of sp³-hybridized carbons (Fsp3) is 0.333. The van der Waals surface area contributed by atoms with Crippen molar-refractivity contribution in [3.05, 3.63) is 51.5 Å². The largest absolute Gasteiger partial charge is 0.458 e. The normalized spacial score (nSPS) is 27.5. The lowest BCUT2D eigenvalue weighted by atomic mass is 9.99. The third-order valence-electron chi connectivity index (χ3n) is 4.11. The molecule has 1 fully saturated rings. The first-order valence-electron chi connectivity index (χ1n) is 8.19. The van der Waals surface area contributed by atoms with Gasteiger partial charge in [-0.15, -0.1) is 0 Å². The first-order valence-corrected chi connectivity index (χ1v) is 9.33. The summed E-state index contributed by atoms with van der Waals surface area (Å²) in [6.45, 7) is -0.579. The van der Waals surface area contributed by atoms with Crippen molar-refractivity contribution in [2.75, 3.05) is 6.61 Å². The van der Waals surface area contributed by atoms with Gasteiger partial charge in [0.2, 0.25) is 6.29 Å². The number of hydrogen-bond donors (Lipinski definition) is 4. The molecule has 0 spiro atoms. The number of ether oxygens (including phenoxy) is 3. The summed E-state index contributed by atoms with van der Waals surface area (Å²) in [7, 11) is 0. The molecule has 0 aromatic heterocycles. The van der Waals surface area contributed by atoms with Crippen molar-refractivity contribution in [1.82, 2.24) is 0 Å². The highest BCUT2D eigenvalue weighted by Crippen LogP contribution is 2.39. The van der Waals surface area contributed by atoms with Gasteiger partial charge in [-0.3, -0.25) is 0 Å². The van der Waals surface area contributed by atoms with Crippen molar-refractivity contribution in [2.24, 2.45) is 0 Å². The van der Waals surface area contributed by atoms with Gasteiger partial charge < -0.3 is 34.6 Å². The highest BCUT2D eigenvalue weighted by Gasteiger charge is 2.45. The van der Waals surface area contributed by atoms with Gasteiger partial charge in [-0.2, -0.15) is 0 Å². The highest BCUT2D eigenvalue weighted by atomic mass is 35.5. The third kappa shape index (κ3) is 4.64. The van der Waals surface area contributed by atoms with Gasteiger partial charge in [0.25, 0.3) is 0 Å². The second-order valence-electron chi connectivity index (χ2n) is 6.08. The maximum atomic E-state index is 10.2. The molecule has 5 atom stereocenters. The van der Waals surface area contributed by atoms with E-state index in [4.69, 9.17) is 49.0 Å². The number of aliphatic hydroxyl groups is 4. The molecular weight excluding hydrogens is 435 g/mol. The van der Waals surface area contributed by atoms with Gasteiger partial charge in [0.1, 0.15) is 30.2 Å². The Morgan fingerprint density at radius 1 is 0.821 bits per heavy atom. The van der Waals surface area contributed by atoms with Gasteiger partial charge in [-0.25, -0.2) is 0 Å². The summed E-state index contributed by atoms with van der Waals surface area (Å²) < 4.78 is 16.7. The van der Waals surface area contributed by atoms with Crippen LogP contribution in [0.15, 0.2) is 36.4 Å². The molecule has 2 aromatic carbocycles. The van der Waals surface area contributed by atoms with Crippen LogP contribution in [0.4, 0.5) is 0 Å². The van der Waals surface area contributed by atoms with Gasteiger partial charge in [0.15, 0.2) is 11.5 Å². The third-order valence-corrected chi connectivity index (χ3v) is 4.88. The average molecular weight is 452 g/mol. The van der Waals surface area contributed by atoms with E-state index in [1.807, 2.05) is 0 Å². The average Bonchev–Trinajstić information content (AvgIpc) is 2.66. The molecule has 2 aromatic rings. The molecule has 0 aliphatic carbocycles. The SMILES string of the molecule is OC[C@H]1O[C@H](Oc2cc(Cl)ccc2Oc2ccc(Cl)cc2Cl)[C@H](O)[C@@H](O)[C@@H]1O. The van der Waals surface area contributed by atoms with Gasteiger partial charge in [-0.05, 0) is 30.3 Å². The Kier molecular flexibility index (Phi) is 6.90. The van der Waals surface area contributed by atoms with Crippen LogP contribution < -0.4 is 9.47 Å². The van der Waals surface area contributed by atoms with Crippen LogP contribution in [-0.2, 0) is 4.74 Å². The number of benzene rings is 2. The van der Waals surface area contributed by atoms with Crippen molar-refractivity contribution >= 4 is 34.8 Å². The number of halogens is 3. The molecule has 1 heterocycles. The molecule has 10 heteroatoms. The molecule has 0 bridgehead atoms. The van der Waals surface area contributed by atoms with E-state index in [0.717, 1.165) is 0 Å². The molecule has 1 aliphatic heterocycles. The monoisotopic (exact) mass is 450 g/mol. The van der Waals surface area contributed by atoms with E-state index >= 15 is 0 Å². The Morgan fingerprint density at radius 3 is 2.11 bits per heavy atom. The van der Waals surface area contributed by atoms with E-state index in [1.165, 1.54) is 18.2 Å². The van der Waals surface area contributed by atoms with Crippen LogP contribution in [0.2, 0.25) is 15.1 Å². The summed E-state index contributed by atoms with van der Waals surface area (Å²) in [5, 5.41) is 40.2. The van der Waals surface area contributed by atoms with E-state index < -0.39 is 37.3 Å². The van der Waals surface area contributed by atoms with Crippen LogP contribution in [0.3, 0.4) is 0 Å². The van der Waals surface area contributed by atoms with E-state index in [9.17, 15) is 20.4 Å². The van der Waals surface area contributed by atoms with E-state index in [1.54, 1.807) is 18.2 Å². The number of rotatable bonds is 5. The molecule has 28 heavy (non-hydrogen) atoms. The molecule has 152 valence electrons. The lowest BCUT2D eigenvalue weighted by Crippen LogP contribution is -2.60. The minimum absolute atomic E-state index is 0.0860. The van der Waals surface area contributed by atoms with Crippen molar-refractivity contribution in [1.29, 1.82) is 0 Å². The minimum Gasteiger partial charge on any atom is -0.458 e. The maximum Gasteiger partial charge on any atom is 0.229 e. The van der Waals surface area contributed by atoms with Crippen LogP contribution in [0.1, 0.15) is 0 Å². The summed E-state index contributed by atoms with van der Waals surface area (Å²) in [6, 6.07) is 9.16. The molecule has 3 rings (SSSR count). The molecule has 4 N–H and O–H groups in total. The summed E-state index contributed by atoms with van der Waals surface area (Å²) in [6.07, 6.45) is -7.16. The van der Waals surface area contributed by atoms with Crippen molar-refractivity contribution < 1.29 is 34.6 Å². The van der Waals surface area contributed by atoms with Gasteiger partial charge in [0.05, 0.1) is 11.6 Å². The van der Waals surface area contributed by atoms with Gasteiger partial charge in [0, 0.05) is 16.1 Å². The topological polar surface area (TPSA) is 109 Å². The highest BCUT2D eigenvalue weighted by molar-refractivity contribution is 6.35. The first-order chi connectivity index (χ1) is 13.3. The minimum atomic E-state index is -1.58. The van der Waals surface area contributed by atoms with Gasteiger partial charge >= 0.3 is 0 Å². The molecule has 7 nitrogen and oxygen atoms in total. The summed E-state index contributed by atoms with van der Waals surface area (Å²) in [5.74, 6) is 0.584. The smallest absolute Gasteiger partial charge is 0.229 e. The zero-order chi connectivity index (χ0) is 20.4. The molecular formula is C18H17Cl3O7. The van der Waals surface area contributed by atoms with Crippen LogP contribution in [0.5, 0.6) is 17.2 Å². The summed E-state index contributed by atoms with van der Waals surface area (Å²) >= 11 is 18.0. The lowest BCUT2D eigenvalue weighted by molar-refractivity contribution is -0.277. The maximum absolute atomic E-state index is 10.2. The molecule has 0 unspecified atom stereocenters. The fourth-order valence-electron chi connectivity index (χ4n) is 2.62. The Morgan fingerprint density at radius 2 is 1.46 bits per heavy atom. The summed E-state index contributed by atoms with van der Waals surface area (Å²) in [5.41, 5.74) is 0. The predicted octanol–water partition coefficient (Wildman–Crippen LogP) is 2.62. The quantitative estimate of drug-likeness (QED) is 0.553. The predicted molar refractivity (Wildman–Crippen MR) is 102 cm³/mol. The summed E-state index contributed by atoms with van der Waals surface area (Å²) in [4.78, 5) is 0. The second kappa shape index (κ2) is 9.02. The van der Waals surface area contributed by atoms with Crippen molar-refractivity contribution in [3.63, 3.8) is 0 Å². The zero-order valence-electron chi connectivity index (χ0n) is 14.2. The molecule has 0 radical (unpaired) electrons.